The van der Waals surface area contributed by atoms with Gasteiger partial charge in [-0.25, -0.2) is 0 Å². The second-order valence-electron chi connectivity index (χ2n) is 7.77. The average molecular weight is 510 g/mol. The molecule has 0 radical (unpaired) electrons. The molecule has 1 saturated heterocycles. The van der Waals surface area contributed by atoms with E-state index in [1.807, 2.05) is 30.2 Å². The van der Waals surface area contributed by atoms with Gasteiger partial charge in [-0.2, -0.15) is 5.10 Å². The van der Waals surface area contributed by atoms with Gasteiger partial charge in [0.25, 0.3) is 0 Å². The van der Waals surface area contributed by atoms with E-state index in [0.29, 0.717) is 0 Å². The number of hydrogen-bond acceptors (Lipinski definition) is 3. The van der Waals surface area contributed by atoms with Crippen molar-refractivity contribution in [2.45, 2.75) is 45.8 Å². The van der Waals surface area contributed by atoms with E-state index in [0.717, 1.165) is 44.5 Å². The number of guanidine groups is 1. The zero-order valence-electron chi connectivity index (χ0n) is 17.7. The monoisotopic (exact) mass is 510 g/mol. The summed E-state index contributed by atoms with van der Waals surface area (Å²) in [6.45, 7) is 8.44. The van der Waals surface area contributed by atoms with Gasteiger partial charge in [0.1, 0.15) is 0 Å². The predicted octanol–water partition coefficient (Wildman–Crippen LogP) is 3.49. The topological polar surface area (TPSA) is 57.5 Å². The van der Waals surface area contributed by atoms with E-state index in [1.165, 1.54) is 37.1 Å². The number of likely N-dealkylation sites (tertiary alicyclic amines) is 1. The van der Waals surface area contributed by atoms with Crippen molar-refractivity contribution in [3.8, 4) is 0 Å². The normalized spacial score (nSPS) is 17.6. The van der Waals surface area contributed by atoms with E-state index >= 15 is 0 Å². The van der Waals surface area contributed by atoms with Gasteiger partial charge in [-0.3, -0.25) is 14.6 Å². The third-order valence-corrected chi connectivity index (χ3v) is 5.27. The Morgan fingerprint density at radius 3 is 2.69 bits per heavy atom. The summed E-state index contributed by atoms with van der Waals surface area (Å²) in [4.78, 5) is 6.88. The third kappa shape index (κ3) is 8.34. The molecule has 0 bridgehead atoms. The smallest absolute Gasteiger partial charge is 0.191 e. The number of halogens is 1. The highest BCUT2D eigenvalue weighted by Crippen LogP contribution is 2.18. The van der Waals surface area contributed by atoms with Gasteiger partial charge >= 0.3 is 0 Å². The van der Waals surface area contributed by atoms with Crippen molar-refractivity contribution < 1.29 is 0 Å². The summed E-state index contributed by atoms with van der Waals surface area (Å²) >= 11 is 0. The molecular formula is C22H35IN6. The van der Waals surface area contributed by atoms with Crippen molar-refractivity contribution in [3.63, 3.8) is 0 Å². The zero-order chi connectivity index (χ0) is 19.6. The Bertz CT molecular complexity index is 713. The van der Waals surface area contributed by atoms with Gasteiger partial charge < -0.3 is 10.6 Å². The number of nitrogens with zero attached hydrogens (tertiary/aromatic N) is 4. The van der Waals surface area contributed by atoms with E-state index in [1.54, 1.807) is 0 Å². The summed E-state index contributed by atoms with van der Waals surface area (Å²) in [5.41, 5.74) is 2.68. The van der Waals surface area contributed by atoms with Crippen LogP contribution in [-0.2, 0) is 19.6 Å². The number of rotatable bonds is 8. The lowest BCUT2D eigenvalue weighted by Crippen LogP contribution is -2.37. The Labute approximate surface area is 192 Å². The van der Waals surface area contributed by atoms with Crippen LogP contribution in [0.4, 0.5) is 0 Å². The van der Waals surface area contributed by atoms with Gasteiger partial charge in [0.05, 0.1) is 0 Å². The molecule has 6 nitrogen and oxygen atoms in total. The summed E-state index contributed by atoms with van der Waals surface area (Å²) in [6, 6.07) is 10.9. The first-order chi connectivity index (χ1) is 13.7. The van der Waals surface area contributed by atoms with Crippen LogP contribution < -0.4 is 10.6 Å². The molecule has 0 spiro atoms. The highest BCUT2D eigenvalue weighted by Gasteiger charge is 2.16. The summed E-state index contributed by atoms with van der Waals surface area (Å²) in [6.07, 6.45) is 7.51. The van der Waals surface area contributed by atoms with Crippen molar-refractivity contribution in [2.75, 3.05) is 26.7 Å². The summed E-state index contributed by atoms with van der Waals surface area (Å²) < 4.78 is 1.95. The molecule has 2 heterocycles. The maximum atomic E-state index is 4.30. The van der Waals surface area contributed by atoms with Crippen molar-refractivity contribution in [3.05, 3.63) is 53.9 Å². The van der Waals surface area contributed by atoms with Gasteiger partial charge in [0.2, 0.25) is 0 Å². The molecule has 1 aliphatic heterocycles. The molecule has 29 heavy (non-hydrogen) atoms. The summed E-state index contributed by atoms with van der Waals surface area (Å²) in [7, 11) is 1.81. The largest absolute Gasteiger partial charge is 0.356 e. The molecule has 0 amide bonds. The lowest BCUT2D eigenvalue weighted by Gasteiger charge is -2.30. The fourth-order valence-electron chi connectivity index (χ4n) is 3.74. The van der Waals surface area contributed by atoms with Gasteiger partial charge in [0.15, 0.2) is 5.96 Å². The van der Waals surface area contributed by atoms with Crippen LogP contribution in [0.3, 0.4) is 0 Å². The van der Waals surface area contributed by atoms with Gasteiger partial charge in [-0.15, -0.1) is 24.0 Å². The van der Waals surface area contributed by atoms with Crippen LogP contribution in [-0.4, -0.2) is 47.3 Å². The minimum absolute atomic E-state index is 0. The Morgan fingerprint density at radius 1 is 1.21 bits per heavy atom. The number of aliphatic imine (C=N–C) groups is 1. The average Bonchev–Trinajstić information content (AvgIpc) is 3.22. The van der Waals surface area contributed by atoms with Crippen molar-refractivity contribution in [1.82, 2.24) is 25.3 Å². The number of aryl methyl sites for hydroxylation is 1. The molecule has 1 aromatic carbocycles. The van der Waals surface area contributed by atoms with Crippen LogP contribution in [0.5, 0.6) is 0 Å². The molecule has 2 N–H and O–H groups in total. The Balaban J connectivity index is 0.00000300. The summed E-state index contributed by atoms with van der Waals surface area (Å²) in [5, 5.41) is 11.0. The summed E-state index contributed by atoms with van der Waals surface area (Å²) in [5.74, 6) is 1.67. The Kier molecular flexibility index (Phi) is 10.5. The van der Waals surface area contributed by atoms with Crippen LogP contribution in [0.2, 0.25) is 0 Å². The number of nitrogens with one attached hydrogen (secondary N) is 2. The van der Waals surface area contributed by atoms with Crippen molar-refractivity contribution >= 4 is 29.9 Å². The van der Waals surface area contributed by atoms with Gasteiger partial charge in [0, 0.05) is 52.2 Å². The molecule has 3 rings (SSSR count). The predicted molar refractivity (Wildman–Crippen MR) is 131 cm³/mol. The molecule has 1 aliphatic rings. The Hall–Kier alpha value is -1.61. The fourth-order valence-corrected chi connectivity index (χ4v) is 3.74. The number of benzene rings is 1. The lowest BCUT2D eigenvalue weighted by molar-refractivity contribution is 0.176. The number of piperidine rings is 1. The molecule has 2 aromatic rings. The van der Waals surface area contributed by atoms with Crippen LogP contribution >= 0.6 is 24.0 Å². The van der Waals surface area contributed by atoms with Gasteiger partial charge in [-0.1, -0.05) is 31.2 Å². The molecule has 1 fully saturated rings. The lowest BCUT2D eigenvalue weighted by atomic mass is 9.99. The first kappa shape index (κ1) is 23.7. The molecule has 0 saturated carbocycles. The third-order valence-electron chi connectivity index (χ3n) is 5.27. The molecule has 1 aromatic heterocycles. The SMILES string of the molecule is CN=C(NCCCn1cccn1)NCc1ccc(CN2CCCC(C)C2)cc1.I. The molecule has 7 heteroatoms. The minimum Gasteiger partial charge on any atom is -0.356 e. The highest BCUT2D eigenvalue weighted by molar-refractivity contribution is 14.0. The van der Waals surface area contributed by atoms with Crippen LogP contribution in [0, 0.1) is 5.92 Å². The second-order valence-corrected chi connectivity index (χ2v) is 7.77. The van der Waals surface area contributed by atoms with E-state index in [4.69, 9.17) is 0 Å². The van der Waals surface area contributed by atoms with E-state index in [2.05, 4.69) is 56.8 Å². The number of aromatic nitrogens is 2. The zero-order valence-corrected chi connectivity index (χ0v) is 20.0. The fraction of sp³-hybridized carbons (Fsp3) is 0.545. The molecule has 0 aliphatic carbocycles. The first-order valence-corrected chi connectivity index (χ1v) is 10.4. The van der Waals surface area contributed by atoms with E-state index in [-0.39, 0.29) is 24.0 Å². The van der Waals surface area contributed by atoms with Crippen LogP contribution in [0.1, 0.15) is 37.3 Å². The molecule has 1 atom stereocenters. The first-order valence-electron chi connectivity index (χ1n) is 10.4. The maximum absolute atomic E-state index is 4.30. The quantitative estimate of drug-likeness (QED) is 0.247. The van der Waals surface area contributed by atoms with E-state index in [9.17, 15) is 0 Å². The van der Waals surface area contributed by atoms with Crippen LogP contribution in [0.25, 0.3) is 0 Å². The molecule has 1 unspecified atom stereocenters. The highest BCUT2D eigenvalue weighted by atomic mass is 127. The standard InChI is InChI=1S/C22H34N6.HI/c1-19-6-3-13-27(17-19)18-21-9-7-20(8-10-21)16-25-22(23-2)24-11-4-14-28-15-5-12-26-28;/h5,7-10,12,15,19H,3-4,6,11,13-14,16-18H2,1-2H3,(H2,23,24,25);1H. The number of hydrogen-bond donors (Lipinski definition) is 2. The second kappa shape index (κ2) is 12.8. The maximum Gasteiger partial charge on any atom is 0.191 e. The van der Waals surface area contributed by atoms with Crippen molar-refractivity contribution in [2.24, 2.45) is 10.9 Å². The Morgan fingerprint density at radius 2 is 2.00 bits per heavy atom. The van der Waals surface area contributed by atoms with Crippen molar-refractivity contribution in [1.29, 1.82) is 0 Å². The van der Waals surface area contributed by atoms with Gasteiger partial charge in [-0.05, 0) is 48.9 Å². The van der Waals surface area contributed by atoms with E-state index < -0.39 is 0 Å². The minimum atomic E-state index is 0. The molecular weight excluding hydrogens is 475 g/mol. The van der Waals surface area contributed by atoms with Crippen LogP contribution in [0.15, 0.2) is 47.7 Å². The molecule has 160 valence electrons.